The number of hydrogen-bond acceptors (Lipinski definition) is 2. The number of carbonyl (C=O) groups is 2. The topological polar surface area (TPSA) is 66.4 Å². The Bertz CT molecular complexity index is 781. The van der Waals surface area contributed by atoms with Gasteiger partial charge in [-0.05, 0) is 34.6 Å². The summed E-state index contributed by atoms with van der Waals surface area (Å²) in [4.78, 5) is 23.6. The lowest BCUT2D eigenvalue weighted by atomic mass is 9.97. The van der Waals surface area contributed by atoms with E-state index in [-0.39, 0.29) is 23.8 Å². The molecule has 1 unspecified atom stereocenters. The van der Waals surface area contributed by atoms with Crippen molar-refractivity contribution in [3.8, 4) is 0 Å². The smallest absolute Gasteiger partial charge is 0.308 e. The van der Waals surface area contributed by atoms with E-state index in [1.165, 1.54) is 0 Å². The fourth-order valence-corrected chi connectivity index (χ4v) is 3.16. The second kappa shape index (κ2) is 6.27. The van der Waals surface area contributed by atoms with E-state index in [4.69, 9.17) is 0 Å². The first-order chi connectivity index (χ1) is 11.4. The Kier molecular flexibility index (Phi) is 4.31. The molecule has 1 amide bonds. The highest BCUT2D eigenvalue weighted by molar-refractivity contribution is 5.84. The molecule has 24 heavy (non-hydrogen) atoms. The molecule has 1 aliphatic carbocycles. The van der Waals surface area contributed by atoms with Gasteiger partial charge in [-0.15, -0.1) is 0 Å². The number of hydrogen-bond donors (Lipinski definition) is 2. The SMILES string of the molecule is CC1(C)C[C@@H]1C(=O)NCC(Cc1ccc2ccccc2c1)C(=O)O. The van der Waals surface area contributed by atoms with Crippen molar-refractivity contribution in [3.05, 3.63) is 48.0 Å². The first-order valence-electron chi connectivity index (χ1n) is 8.35. The molecule has 126 valence electrons. The molecule has 1 aliphatic rings. The molecule has 2 N–H and O–H groups in total. The number of carboxylic acids is 1. The van der Waals surface area contributed by atoms with Crippen LogP contribution in [0.3, 0.4) is 0 Å². The van der Waals surface area contributed by atoms with Gasteiger partial charge in [0, 0.05) is 12.5 Å². The van der Waals surface area contributed by atoms with Crippen LogP contribution in [0.15, 0.2) is 42.5 Å². The Labute approximate surface area is 141 Å². The molecule has 0 heterocycles. The minimum atomic E-state index is -0.876. The van der Waals surface area contributed by atoms with E-state index < -0.39 is 11.9 Å². The molecule has 0 aromatic heterocycles. The number of amides is 1. The molecule has 0 bridgehead atoms. The normalized spacial score (nSPS) is 19.7. The second-order valence-electron chi connectivity index (χ2n) is 7.41. The van der Waals surface area contributed by atoms with Gasteiger partial charge >= 0.3 is 5.97 Å². The van der Waals surface area contributed by atoms with E-state index in [2.05, 4.69) is 19.2 Å². The Hall–Kier alpha value is -2.36. The van der Waals surface area contributed by atoms with Crippen LogP contribution in [-0.2, 0) is 16.0 Å². The van der Waals surface area contributed by atoms with Gasteiger partial charge in [0.15, 0.2) is 0 Å². The van der Waals surface area contributed by atoms with Crippen molar-refractivity contribution in [3.63, 3.8) is 0 Å². The zero-order valence-electron chi connectivity index (χ0n) is 14.1. The Morgan fingerprint density at radius 3 is 2.50 bits per heavy atom. The van der Waals surface area contributed by atoms with Gasteiger partial charge in [-0.3, -0.25) is 9.59 Å². The summed E-state index contributed by atoms with van der Waals surface area (Å²) < 4.78 is 0. The van der Waals surface area contributed by atoms with Crippen molar-refractivity contribution >= 4 is 22.6 Å². The number of carboxylic acid groups (broad SMARTS) is 1. The Morgan fingerprint density at radius 1 is 1.21 bits per heavy atom. The minimum Gasteiger partial charge on any atom is -0.481 e. The van der Waals surface area contributed by atoms with Gasteiger partial charge in [0.05, 0.1) is 5.92 Å². The van der Waals surface area contributed by atoms with Crippen LogP contribution >= 0.6 is 0 Å². The number of rotatable bonds is 6. The lowest BCUT2D eigenvalue weighted by molar-refractivity contribution is -0.141. The third-order valence-corrected chi connectivity index (χ3v) is 5.00. The van der Waals surface area contributed by atoms with Crippen molar-refractivity contribution in [2.24, 2.45) is 17.3 Å². The highest BCUT2D eigenvalue weighted by Crippen LogP contribution is 2.51. The number of benzene rings is 2. The summed E-state index contributed by atoms with van der Waals surface area (Å²) >= 11 is 0. The van der Waals surface area contributed by atoms with E-state index in [0.717, 1.165) is 22.8 Å². The zero-order chi connectivity index (χ0) is 17.3. The molecule has 0 spiro atoms. The van der Waals surface area contributed by atoms with Crippen LogP contribution in [-0.4, -0.2) is 23.5 Å². The summed E-state index contributed by atoms with van der Waals surface area (Å²) in [5.74, 6) is -1.49. The van der Waals surface area contributed by atoms with Crippen molar-refractivity contribution in [2.75, 3.05) is 6.54 Å². The first kappa shape index (κ1) is 16.5. The monoisotopic (exact) mass is 325 g/mol. The standard InChI is InChI=1S/C20H23NO3/c1-20(2)11-17(20)18(22)21-12-16(19(23)24)10-13-7-8-14-5-3-4-6-15(14)9-13/h3-9,16-17H,10-12H2,1-2H3,(H,21,22)(H,23,24)/t16?,17-/m1/s1. The highest BCUT2D eigenvalue weighted by Gasteiger charge is 2.50. The highest BCUT2D eigenvalue weighted by atomic mass is 16.4. The molecular weight excluding hydrogens is 302 g/mol. The Balaban J connectivity index is 1.64. The van der Waals surface area contributed by atoms with Crippen molar-refractivity contribution in [1.29, 1.82) is 0 Å². The van der Waals surface area contributed by atoms with Crippen molar-refractivity contribution < 1.29 is 14.7 Å². The predicted molar refractivity (Wildman–Crippen MR) is 93.7 cm³/mol. The molecule has 0 aliphatic heterocycles. The first-order valence-corrected chi connectivity index (χ1v) is 8.35. The van der Waals surface area contributed by atoms with Crippen LogP contribution < -0.4 is 5.32 Å². The maximum absolute atomic E-state index is 12.1. The van der Waals surface area contributed by atoms with Crippen LogP contribution in [0.2, 0.25) is 0 Å². The summed E-state index contributed by atoms with van der Waals surface area (Å²) in [7, 11) is 0. The quantitative estimate of drug-likeness (QED) is 0.857. The van der Waals surface area contributed by atoms with Gasteiger partial charge in [-0.1, -0.05) is 56.3 Å². The van der Waals surface area contributed by atoms with Crippen LogP contribution in [0, 0.1) is 17.3 Å². The average molecular weight is 325 g/mol. The fraction of sp³-hybridized carbons (Fsp3) is 0.400. The molecule has 1 fully saturated rings. The summed E-state index contributed by atoms with van der Waals surface area (Å²) in [6.45, 7) is 4.29. The molecule has 3 rings (SSSR count). The summed E-state index contributed by atoms with van der Waals surface area (Å²) in [5.41, 5.74) is 1.03. The molecule has 1 saturated carbocycles. The zero-order valence-corrected chi connectivity index (χ0v) is 14.1. The molecule has 4 nitrogen and oxygen atoms in total. The van der Waals surface area contributed by atoms with Gasteiger partial charge in [0.1, 0.15) is 0 Å². The van der Waals surface area contributed by atoms with E-state index in [0.29, 0.717) is 6.42 Å². The molecule has 2 atom stereocenters. The number of aliphatic carboxylic acids is 1. The van der Waals surface area contributed by atoms with E-state index in [9.17, 15) is 14.7 Å². The lowest BCUT2D eigenvalue weighted by Crippen LogP contribution is -2.35. The number of carbonyl (C=O) groups excluding carboxylic acids is 1. The molecule has 0 saturated heterocycles. The van der Waals surface area contributed by atoms with Crippen LogP contribution in [0.4, 0.5) is 0 Å². The molecule has 2 aromatic carbocycles. The Morgan fingerprint density at radius 2 is 1.88 bits per heavy atom. The molecular formula is C20H23NO3. The van der Waals surface area contributed by atoms with Crippen LogP contribution in [0.25, 0.3) is 10.8 Å². The third-order valence-electron chi connectivity index (χ3n) is 5.00. The predicted octanol–water partition coefficient (Wildman–Crippen LogP) is 3.25. The molecule has 0 radical (unpaired) electrons. The van der Waals surface area contributed by atoms with Gasteiger partial charge in [-0.2, -0.15) is 0 Å². The fourth-order valence-electron chi connectivity index (χ4n) is 3.16. The molecule has 2 aromatic rings. The van der Waals surface area contributed by atoms with E-state index in [1.807, 2.05) is 42.5 Å². The van der Waals surface area contributed by atoms with E-state index in [1.54, 1.807) is 0 Å². The van der Waals surface area contributed by atoms with Crippen LogP contribution in [0.5, 0.6) is 0 Å². The molecule has 4 heteroatoms. The minimum absolute atomic E-state index is 0.0209. The van der Waals surface area contributed by atoms with Gasteiger partial charge in [0.2, 0.25) is 5.91 Å². The third kappa shape index (κ3) is 3.58. The van der Waals surface area contributed by atoms with Gasteiger partial charge in [-0.25, -0.2) is 0 Å². The van der Waals surface area contributed by atoms with Gasteiger partial charge < -0.3 is 10.4 Å². The average Bonchev–Trinajstić information content (AvgIpc) is 3.19. The summed E-state index contributed by atoms with van der Waals surface area (Å²) in [6.07, 6.45) is 1.29. The number of fused-ring (bicyclic) bond motifs is 1. The maximum Gasteiger partial charge on any atom is 0.308 e. The van der Waals surface area contributed by atoms with Crippen molar-refractivity contribution in [2.45, 2.75) is 26.7 Å². The number of nitrogens with one attached hydrogen (secondary N) is 1. The van der Waals surface area contributed by atoms with Gasteiger partial charge in [0.25, 0.3) is 0 Å². The maximum atomic E-state index is 12.1. The largest absolute Gasteiger partial charge is 0.481 e. The van der Waals surface area contributed by atoms with Crippen molar-refractivity contribution in [1.82, 2.24) is 5.32 Å². The van der Waals surface area contributed by atoms with E-state index >= 15 is 0 Å². The summed E-state index contributed by atoms with van der Waals surface area (Å²) in [5, 5.41) is 14.5. The lowest BCUT2D eigenvalue weighted by Gasteiger charge is -2.14. The summed E-state index contributed by atoms with van der Waals surface area (Å²) in [6, 6.07) is 14.0. The van der Waals surface area contributed by atoms with Crippen LogP contribution in [0.1, 0.15) is 25.8 Å². The second-order valence-corrected chi connectivity index (χ2v) is 7.41.